The zero-order valence-corrected chi connectivity index (χ0v) is 15.1. The van der Waals surface area contributed by atoms with Crippen molar-refractivity contribution < 1.29 is 14.0 Å². The Kier molecular flexibility index (Phi) is 4.41. The summed E-state index contributed by atoms with van der Waals surface area (Å²) in [5, 5.41) is 1.15. The molecule has 0 bridgehead atoms. The number of nitrogens with zero attached hydrogens (tertiary/aromatic N) is 1. The third-order valence-electron chi connectivity index (χ3n) is 4.46. The van der Waals surface area contributed by atoms with Crippen LogP contribution in [0.1, 0.15) is 26.3 Å². The molecule has 2 heterocycles. The van der Waals surface area contributed by atoms with Crippen LogP contribution >= 0.6 is 11.6 Å². The van der Waals surface area contributed by atoms with E-state index in [1.165, 1.54) is 24.4 Å². The number of primary amides is 1. The molecule has 0 aliphatic heterocycles. The predicted octanol–water partition coefficient (Wildman–Crippen LogP) is 4.35. The summed E-state index contributed by atoms with van der Waals surface area (Å²) in [6.07, 6.45) is 3.15. The van der Waals surface area contributed by atoms with E-state index in [0.717, 1.165) is 11.1 Å². The smallest absolute Gasteiger partial charge is 0.251 e. The number of aromatic nitrogens is 2. The molecule has 28 heavy (non-hydrogen) atoms. The van der Waals surface area contributed by atoms with Crippen molar-refractivity contribution in [3.63, 3.8) is 0 Å². The second kappa shape index (κ2) is 6.90. The minimum Gasteiger partial charge on any atom is -0.366 e. The first-order chi connectivity index (χ1) is 13.5. The van der Waals surface area contributed by atoms with Gasteiger partial charge in [0.2, 0.25) is 0 Å². The van der Waals surface area contributed by atoms with E-state index in [1.807, 2.05) is 12.1 Å². The number of hydrogen-bond donors (Lipinski definition) is 2. The minimum absolute atomic E-state index is 0.228. The second-order valence-electron chi connectivity index (χ2n) is 6.19. The van der Waals surface area contributed by atoms with Crippen LogP contribution in [0.3, 0.4) is 0 Å². The van der Waals surface area contributed by atoms with Crippen LogP contribution in [0.5, 0.6) is 0 Å². The zero-order chi connectivity index (χ0) is 19.8. The number of amides is 1. The van der Waals surface area contributed by atoms with Crippen molar-refractivity contribution in [2.75, 3.05) is 0 Å². The number of hydrogen-bond acceptors (Lipinski definition) is 3. The maximum absolute atomic E-state index is 14.6. The molecule has 0 atom stereocenters. The molecule has 0 aliphatic carbocycles. The van der Waals surface area contributed by atoms with E-state index in [0.29, 0.717) is 16.1 Å². The normalized spacial score (nSPS) is 10.9. The van der Waals surface area contributed by atoms with E-state index in [2.05, 4.69) is 9.97 Å². The number of halogens is 2. The fourth-order valence-corrected chi connectivity index (χ4v) is 3.16. The summed E-state index contributed by atoms with van der Waals surface area (Å²) >= 11 is 5.93. The summed E-state index contributed by atoms with van der Waals surface area (Å²) in [5.74, 6) is -2.43. The number of pyridine rings is 1. The number of rotatable bonds is 4. The van der Waals surface area contributed by atoms with Gasteiger partial charge in [0.05, 0.1) is 11.1 Å². The molecule has 7 heteroatoms. The summed E-state index contributed by atoms with van der Waals surface area (Å²) in [5.41, 5.74) is 7.02. The highest BCUT2D eigenvalue weighted by Crippen LogP contribution is 2.27. The molecule has 4 rings (SSSR count). The van der Waals surface area contributed by atoms with Crippen molar-refractivity contribution >= 4 is 34.3 Å². The summed E-state index contributed by atoms with van der Waals surface area (Å²) in [6.45, 7) is 0. The number of carbonyl (C=O) groups excluding carboxylic acids is 2. The van der Waals surface area contributed by atoms with E-state index in [4.69, 9.17) is 17.3 Å². The van der Waals surface area contributed by atoms with Crippen molar-refractivity contribution in [1.29, 1.82) is 0 Å². The van der Waals surface area contributed by atoms with Crippen LogP contribution in [-0.2, 0) is 0 Å². The Labute approximate surface area is 164 Å². The van der Waals surface area contributed by atoms with E-state index in [9.17, 15) is 14.0 Å². The number of nitrogens with two attached hydrogens (primary N) is 1. The van der Waals surface area contributed by atoms with Gasteiger partial charge in [0.1, 0.15) is 11.5 Å². The summed E-state index contributed by atoms with van der Waals surface area (Å²) in [4.78, 5) is 31.6. The van der Waals surface area contributed by atoms with Crippen molar-refractivity contribution in [1.82, 2.24) is 9.97 Å². The Morgan fingerprint density at radius 1 is 1.00 bits per heavy atom. The van der Waals surface area contributed by atoms with Crippen LogP contribution < -0.4 is 5.73 Å². The molecule has 0 radical (unpaired) electrons. The van der Waals surface area contributed by atoms with Gasteiger partial charge in [-0.25, -0.2) is 9.37 Å². The minimum atomic E-state index is -0.934. The van der Waals surface area contributed by atoms with Crippen molar-refractivity contribution in [3.8, 4) is 11.1 Å². The molecule has 0 aliphatic rings. The summed E-state index contributed by atoms with van der Waals surface area (Å²) in [7, 11) is 0. The van der Waals surface area contributed by atoms with Gasteiger partial charge in [-0.15, -0.1) is 0 Å². The van der Waals surface area contributed by atoms with Crippen LogP contribution in [0.15, 0.2) is 60.9 Å². The molecule has 2 aromatic heterocycles. The number of benzene rings is 2. The highest BCUT2D eigenvalue weighted by Gasteiger charge is 2.21. The molecule has 0 fully saturated rings. The SMILES string of the molecule is NC(=O)c1cccc(C(=O)c2c[nH]c3ncc(-c4ccc(Cl)cc4)cc23)c1F. The first-order valence-corrected chi connectivity index (χ1v) is 8.69. The lowest BCUT2D eigenvalue weighted by Gasteiger charge is -2.06. The second-order valence-corrected chi connectivity index (χ2v) is 6.63. The maximum Gasteiger partial charge on any atom is 0.251 e. The molecule has 2 aromatic carbocycles. The molecule has 0 unspecified atom stereocenters. The molecule has 1 amide bonds. The van der Waals surface area contributed by atoms with Crippen LogP contribution in [0.4, 0.5) is 4.39 Å². The number of fused-ring (bicyclic) bond motifs is 1. The van der Waals surface area contributed by atoms with Gasteiger partial charge in [0.25, 0.3) is 5.91 Å². The van der Waals surface area contributed by atoms with Crippen LogP contribution in [0.25, 0.3) is 22.2 Å². The van der Waals surface area contributed by atoms with Gasteiger partial charge in [0.15, 0.2) is 5.78 Å². The Morgan fingerprint density at radius 2 is 1.71 bits per heavy atom. The number of H-pyrrole nitrogens is 1. The van der Waals surface area contributed by atoms with Gasteiger partial charge in [-0.2, -0.15) is 0 Å². The lowest BCUT2D eigenvalue weighted by molar-refractivity contribution is 0.0996. The van der Waals surface area contributed by atoms with E-state index >= 15 is 0 Å². The maximum atomic E-state index is 14.6. The molecule has 0 spiro atoms. The molecule has 3 N–H and O–H groups in total. The lowest BCUT2D eigenvalue weighted by Crippen LogP contribution is -2.16. The average Bonchev–Trinajstić information content (AvgIpc) is 3.11. The predicted molar refractivity (Wildman–Crippen MR) is 105 cm³/mol. The van der Waals surface area contributed by atoms with E-state index in [1.54, 1.807) is 24.4 Å². The summed E-state index contributed by atoms with van der Waals surface area (Å²) < 4.78 is 14.6. The van der Waals surface area contributed by atoms with Crippen LogP contribution in [0, 0.1) is 5.82 Å². The van der Waals surface area contributed by atoms with Crippen molar-refractivity contribution in [2.45, 2.75) is 0 Å². The Morgan fingerprint density at radius 3 is 2.43 bits per heavy atom. The number of ketones is 1. The molecule has 0 saturated carbocycles. The van der Waals surface area contributed by atoms with Gasteiger partial charge >= 0.3 is 0 Å². The lowest BCUT2D eigenvalue weighted by atomic mass is 9.99. The summed E-state index contributed by atoms with van der Waals surface area (Å²) in [6, 6.07) is 13.0. The van der Waals surface area contributed by atoms with Gasteiger partial charge in [-0.1, -0.05) is 29.8 Å². The molecular formula is C21H13ClFN3O2. The first kappa shape index (κ1) is 17.9. The third-order valence-corrected chi connectivity index (χ3v) is 4.71. The van der Waals surface area contributed by atoms with Crippen molar-refractivity contribution in [2.24, 2.45) is 5.73 Å². The monoisotopic (exact) mass is 393 g/mol. The Bertz CT molecular complexity index is 1230. The molecule has 5 nitrogen and oxygen atoms in total. The molecule has 138 valence electrons. The van der Waals surface area contributed by atoms with Gasteiger partial charge in [-0.05, 0) is 35.9 Å². The van der Waals surface area contributed by atoms with E-state index < -0.39 is 17.5 Å². The molecule has 0 saturated heterocycles. The first-order valence-electron chi connectivity index (χ1n) is 8.32. The molecular weight excluding hydrogens is 381 g/mol. The van der Waals surface area contributed by atoms with Gasteiger partial charge in [0, 0.05) is 33.9 Å². The highest BCUT2D eigenvalue weighted by molar-refractivity contribution is 6.30. The Hall–Kier alpha value is -3.51. The van der Waals surface area contributed by atoms with Gasteiger partial charge < -0.3 is 10.7 Å². The average molecular weight is 394 g/mol. The number of aromatic amines is 1. The number of nitrogens with one attached hydrogen (secondary N) is 1. The zero-order valence-electron chi connectivity index (χ0n) is 14.4. The Balaban J connectivity index is 1.82. The fraction of sp³-hybridized carbons (Fsp3) is 0. The number of carbonyl (C=O) groups is 2. The van der Waals surface area contributed by atoms with Crippen LogP contribution in [-0.4, -0.2) is 21.7 Å². The topological polar surface area (TPSA) is 88.8 Å². The third kappa shape index (κ3) is 3.04. The standard InChI is InChI=1S/C21H13ClFN3O2/c22-13-6-4-11(5-7-13)12-8-16-17(10-26-21(16)25-9-12)19(27)14-2-1-3-15(18(14)23)20(24)28/h1-10H,(H2,24,28)(H,25,26). The quantitative estimate of drug-likeness (QED) is 0.505. The van der Waals surface area contributed by atoms with E-state index in [-0.39, 0.29) is 16.7 Å². The van der Waals surface area contributed by atoms with Crippen molar-refractivity contribution in [3.05, 3.63) is 88.5 Å². The highest BCUT2D eigenvalue weighted by atomic mass is 35.5. The molecule has 4 aromatic rings. The van der Waals surface area contributed by atoms with Crippen LogP contribution in [0.2, 0.25) is 5.02 Å². The largest absolute Gasteiger partial charge is 0.366 e. The fourth-order valence-electron chi connectivity index (χ4n) is 3.03. The van der Waals surface area contributed by atoms with Gasteiger partial charge in [-0.3, -0.25) is 9.59 Å².